The Balaban J connectivity index is 1.42. The molecule has 1 fully saturated rings. The Morgan fingerprint density at radius 1 is 1.16 bits per heavy atom. The minimum atomic E-state index is -3.57. The van der Waals surface area contributed by atoms with Gasteiger partial charge in [-0.2, -0.15) is 4.31 Å². The number of nitrogens with zero attached hydrogens (tertiary/aromatic N) is 1. The maximum Gasteiger partial charge on any atom is 0.309 e. The number of carbonyl (C=O) groups is 2. The molecule has 1 unspecified atom stereocenters. The molecule has 1 N–H and O–H groups in total. The molecule has 0 spiro atoms. The molecule has 0 bridgehead atoms. The monoisotopic (exact) mass is 462 g/mol. The molecule has 1 saturated heterocycles. The highest BCUT2D eigenvalue weighted by atomic mass is 32.2. The van der Waals surface area contributed by atoms with Gasteiger partial charge in [-0.3, -0.25) is 9.59 Å². The fraction of sp³-hybridized carbons (Fsp3) is 0.583. The number of amides is 1. The second-order valence-electron chi connectivity index (χ2n) is 8.72. The molecule has 2 aliphatic rings. The maximum absolute atomic E-state index is 12.8. The Hall–Kier alpha value is -2.19. The quantitative estimate of drug-likeness (QED) is 0.473. The number of esters is 1. The first-order valence-electron chi connectivity index (χ1n) is 11.5. The standard InChI is InChI=1S/C24H34N2O5S/c1-18-8-10-22(11-9-18)32(29,30)26-16-13-21(14-17-26)24(28)31-19(2)23(27)25-15-12-20-6-4-3-5-7-20/h6,8-11,19,21H,3-5,7,12-17H2,1-2H3,(H,25,27). The molecule has 1 heterocycles. The van der Waals surface area contributed by atoms with Gasteiger partial charge in [-0.1, -0.05) is 29.3 Å². The van der Waals surface area contributed by atoms with Crippen molar-refractivity contribution in [1.82, 2.24) is 9.62 Å². The second-order valence-corrected chi connectivity index (χ2v) is 10.7. The van der Waals surface area contributed by atoms with E-state index in [0.717, 1.165) is 24.8 Å². The van der Waals surface area contributed by atoms with Crippen molar-refractivity contribution in [2.45, 2.75) is 69.8 Å². The van der Waals surface area contributed by atoms with Crippen LogP contribution in [0, 0.1) is 12.8 Å². The van der Waals surface area contributed by atoms with E-state index in [2.05, 4.69) is 11.4 Å². The summed E-state index contributed by atoms with van der Waals surface area (Å²) in [7, 11) is -3.57. The summed E-state index contributed by atoms with van der Waals surface area (Å²) in [6.07, 6.45) is 7.64. The predicted molar refractivity (Wildman–Crippen MR) is 122 cm³/mol. The number of ether oxygens (including phenoxy) is 1. The lowest BCUT2D eigenvalue weighted by atomic mass is 9.97. The van der Waals surface area contributed by atoms with Gasteiger partial charge in [-0.05, 0) is 70.9 Å². The first kappa shape index (κ1) is 24.5. The molecule has 0 radical (unpaired) electrons. The number of carbonyl (C=O) groups excluding carboxylic acids is 2. The number of hydrogen-bond acceptors (Lipinski definition) is 5. The van der Waals surface area contributed by atoms with E-state index >= 15 is 0 Å². The molecular weight excluding hydrogens is 428 g/mol. The number of allylic oxidation sites excluding steroid dienone is 1. The number of sulfonamides is 1. The van der Waals surface area contributed by atoms with Crippen LogP contribution in [0.5, 0.6) is 0 Å². The van der Waals surface area contributed by atoms with Gasteiger partial charge in [0.25, 0.3) is 5.91 Å². The lowest BCUT2D eigenvalue weighted by molar-refractivity contribution is -0.159. The van der Waals surface area contributed by atoms with Crippen molar-refractivity contribution in [2.75, 3.05) is 19.6 Å². The summed E-state index contributed by atoms with van der Waals surface area (Å²) < 4.78 is 32.4. The fourth-order valence-electron chi connectivity index (χ4n) is 4.14. The van der Waals surface area contributed by atoms with Crippen molar-refractivity contribution in [2.24, 2.45) is 5.92 Å². The van der Waals surface area contributed by atoms with Crippen LogP contribution in [0.4, 0.5) is 0 Å². The third kappa shape index (κ3) is 6.42. The van der Waals surface area contributed by atoms with Gasteiger partial charge in [0, 0.05) is 19.6 Å². The van der Waals surface area contributed by atoms with Crippen LogP contribution >= 0.6 is 0 Å². The van der Waals surface area contributed by atoms with E-state index in [9.17, 15) is 18.0 Å². The van der Waals surface area contributed by atoms with E-state index in [4.69, 9.17) is 4.74 Å². The summed E-state index contributed by atoms with van der Waals surface area (Å²) in [5, 5.41) is 2.84. The van der Waals surface area contributed by atoms with Crippen LogP contribution in [0.3, 0.4) is 0 Å². The molecule has 1 aliphatic heterocycles. The van der Waals surface area contributed by atoms with Gasteiger partial charge in [-0.15, -0.1) is 0 Å². The zero-order chi connectivity index (χ0) is 23.1. The molecule has 1 amide bonds. The fourth-order valence-corrected chi connectivity index (χ4v) is 5.61. The van der Waals surface area contributed by atoms with Gasteiger partial charge in [0.1, 0.15) is 0 Å². The van der Waals surface area contributed by atoms with Crippen molar-refractivity contribution in [1.29, 1.82) is 0 Å². The molecule has 0 saturated carbocycles. The summed E-state index contributed by atoms with van der Waals surface area (Å²) in [4.78, 5) is 25.1. The molecular formula is C24H34N2O5S. The third-order valence-electron chi connectivity index (χ3n) is 6.24. The lowest BCUT2D eigenvalue weighted by Crippen LogP contribution is -2.42. The Labute approximate surface area is 191 Å². The van der Waals surface area contributed by atoms with E-state index in [1.165, 1.54) is 22.7 Å². The van der Waals surface area contributed by atoms with Crippen molar-refractivity contribution in [3.63, 3.8) is 0 Å². The number of aryl methyl sites for hydroxylation is 1. The molecule has 176 valence electrons. The number of rotatable bonds is 8. The van der Waals surface area contributed by atoms with Gasteiger partial charge in [0.15, 0.2) is 6.10 Å². The van der Waals surface area contributed by atoms with Gasteiger partial charge < -0.3 is 10.1 Å². The minimum Gasteiger partial charge on any atom is -0.452 e. The summed E-state index contributed by atoms with van der Waals surface area (Å²) >= 11 is 0. The van der Waals surface area contributed by atoms with E-state index in [0.29, 0.717) is 19.4 Å². The molecule has 1 aromatic rings. The topological polar surface area (TPSA) is 92.8 Å². The van der Waals surface area contributed by atoms with E-state index in [1.54, 1.807) is 31.2 Å². The number of hydrogen-bond donors (Lipinski definition) is 1. The third-order valence-corrected chi connectivity index (χ3v) is 8.15. The first-order chi connectivity index (χ1) is 15.3. The van der Waals surface area contributed by atoms with Gasteiger partial charge in [0.2, 0.25) is 10.0 Å². The average molecular weight is 463 g/mol. The van der Waals surface area contributed by atoms with Gasteiger partial charge in [0.05, 0.1) is 10.8 Å². The molecule has 1 aromatic carbocycles. The molecule has 3 rings (SSSR count). The summed E-state index contributed by atoms with van der Waals surface area (Å²) in [6, 6.07) is 6.76. The van der Waals surface area contributed by atoms with Crippen LogP contribution in [0.15, 0.2) is 40.8 Å². The Morgan fingerprint density at radius 2 is 1.84 bits per heavy atom. The Bertz CT molecular complexity index is 932. The highest BCUT2D eigenvalue weighted by Gasteiger charge is 2.33. The molecule has 32 heavy (non-hydrogen) atoms. The molecule has 1 atom stereocenters. The zero-order valence-electron chi connectivity index (χ0n) is 19.0. The highest BCUT2D eigenvalue weighted by Crippen LogP contribution is 2.25. The van der Waals surface area contributed by atoms with Gasteiger partial charge in [-0.25, -0.2) is 8.42 Å². The summed E-state index contributed by atoms with van der Waals surface area (Å²) in [5.74, 6) is -1.13. The average Bonchev–Trinajstić information content (AvgIpc) is 2.80. The molecule has 0 aromatic heterocycles. The normalized spacial score (nSPS) is 19.1. The van der Waals surface area contributed by atoms with E-state index < -0.39 is 28.0 Å². The van der Waals surface area contributed by atoms with Crippen LogP contribution < -0.4 is 5.32 Å². The number of piperidine rings is 1. The Morgan fingerprint density at radius 3 is 2.47 bits per heavy atom. The largest absolute Gasteiger partial charge is 0.452 e. The Kier molecular flexibility index (Phi) is 8.48. The summed E-state index contributed by atoms with van der Waals surface area (Å²) in [6.45, 7) is 4.53. The number of nitrogens with one attached hydrogen (secondary N) is 1. The minimum absolute atomic E-state index is 0.256. The van der Waals surface area contributed by atoms with E-state index in [1.807, 2.05) is 6.92 Å². The molecule has 7 nitrogen and oxygen atoms in total. The second kappa shape index (κ2) is 11.1. The van der Waals surface area contributed by atoms with Gasteiger partial charge >= 0.3 is 5.97 Å². The van der Waals surface area contributed by atoms with Crippen molar-refractivity contribution < 1.29 is 22.7 Å². The van der Waals surface area contributed by atoms with Crippen molar-refractivity contribution >= 4 is 21.9 Å². The van der Waals surface area contributed by atoms with Crippen LogP contribution in [0.25, 0.3) is 0 Å². The lowest BCUT2D eigenvalue weighted by Gasteiger charge is -2.30. The smallest absolute Gasteiger partial charge is 0.309 e. The van der Waals surface area contributed by atoms with Crippen LogP contribution in [-0.2, 0) is 24.3 Å². The molecule has 1 aliphatic carbocycles. The van der Waals surface area contributed by atoms with Crippen LogP contribution in [0.1, 0.15) is 57.4 Å². The SMILES string of the molecule is Cc1ccc(S(=O)(=O)N2CCC(C(=O)OC(C)C(=O)NCCC3=CCCCC3)CC2)cc1. The maximum atomic E-state index is 12.8. The molecule has 8 heteroatoms. The zero-order valence-corrected chi connectivity index (χ0v) is 19.8. The van der Waals surface area contributed by atoms with Crippen LogP contribution in [0.2, 0.25) is 0 Å². The van der Waals surface area contributed by atoms with Crippen molar-refractivity contribution in [3.8, 4) is 0 Å². The van der Waals surface area contributed by atoms with Crippen LogP contribution in [-0.4, -0.2) is 50.3 Å². The van der Waals surface area contributed by atoms with E-state index in [-0.39, 0.29) is 23.9 Å². The first-order valence-corrected chi connectivity index (χ1v) is 12.9. The predicted octanol–water partition coefficient (Wildman–Crippen LogP) is 3.33. The highest BCUT2D eigenvalue weighted by molar-refractivity contribution is 7.89. The van der Waals surface area contributed by atoms with Crippen molar-refractivity contribution in [3.05, 3.63) is 41.5 Å². The summed E-state index contributed by atoms with van der Waals surface area (Å²) in [5.41, 5.74) is 2.38. The number of benzene rings is 1.